The number of amides is 1. The summed E-state index contributed by atoms with van der Waals surface area (Å²) < 4.78 is 0. The smallest absolute Gasteiger partial charge is 0.335 e. The van der Waals surface area contributed by atoms with E-state index in [-0.39, 0.29) is 22.6 Å². The standard InChI is InChI=1S/C9H8O4.C8H7NO/c1-5-6(8(10)11)3-2-4-7(5)9(12)13;10-8-7-4-2-1-3-6(7)5-9-8/h2-4H,1H3,(H,10,11)(H,12,13);1-4H,5H2,(H,9,10). The molecule has 0 saturated carbocycles. The largest absolute Gasteiger partial charge is 0.478 e. The van der Waals surface area contributed by atoms with Gasteiger partial charge in [0.05, 0.1) is 11.1 Å². The van der Waals surface area contributed by atoms with E-state index in [1.807, 2.05) is 24.3 Å². The van der Waals surface area contributed by atoms with Gasteiger partial charge in [-0.15, -0.1) is 0 Å². The quantitative estimate of drug-likeness (QED) is 0.789. The molecule has 3 N–H and O–H groups in total. The topological polar surface area (TPSA) is 104 Å². The number of fused-ring (bicyclic) bond motifs is 1. The molecule has 1 heterocycles. The molecule has 2 aromatic rings. The van der Waals surface area contributed by atoms with Gasteiger partial charge in [0.1, 0.15) is 0 Å². The van der Waals surface area contributed by atoms with E-state index in [4.69, 9.17) is 10.2 Å². The van der Waals surface area contributed by atoms with E-state index in [1.165, 1.54) is 25.1 Å². The van der Waals surface area contributed by atoms with Gasteiger partial charge < -0.3 is 15.5 Å². The number of carbonyl (C=O) groups excluding carboxylic acids is 1. The van der Waals surface area contributed by atoms with Crippen LogP contribution in [0.2, 0.25) is 0 Å². The van der Waals surface area contributed by atoms with Gasteiger partial charge in [0.2, 0.25) is 0 Å². The SMILES string of the molecule is Cc1c(C(=O)O)cccc1C(=O)O.O=C1NCc2ccccc21. The van der Waals surface area contributed by atoms with Gasteiger partial charge in [-0.05, 0) is 36.2 Å². The van der Waals surface area contributed by atoms with E-state index in [1.54, 1.807) is 0 Å². The molecule has 0 radical (unpaired) electrons. The summed E-state index contributed by atoms with van der Waals surface area (Å²) in [5.41, 5.74) is 2.26. The van der Waals surface area contributed by atoms with Crippen LogP contribution in [0.3, 0.4) is 0 Å². The lowest BCUT2D eigenvalue weighted by molar-refractivity contribution is 0.0695. The van der Waals surface area contributed by atoms with Crippen LogP contribution in [0.1, 0.15) is 42.2 Å². The van der Waals surface area contributed by atoms with Crippen molar-refractivity contribution in [3.8, 4) is 0 Å². The van der Waals surface area contributed by atoms with Crippen LogP contribution >= 0.6 is 0 Å². The van der Waals surface area contributed by atoms with Gasteiger partial charge in [-0.1, -0.05) is 24.3 Å². The fourth-order valence-electron chi connectivity index (χ4n) is 2.27. The Labute approximate surface area is 132 Å². The summed E-state index contributed by atoms with van der Waals surface area (Å²) in [7, 11) is 0. The van der Waals surface area contributed by atoms with Gasteiger partial charge in [-0.3, -0.25) is 4.79 Å². The summed E-state index contributed by atoms with van der Waals surface area (Å²) in [5.74, 6) is -2.17. The van der Waals surface area contributed by atoms with Crippen molar-refractivity contribution in [2.45, 2.75) is 13.5 Å². The van der Waals surface area contributed by atoms with Crippen molar-refractivity contribution in [3.05, 3.63) is 70.3 Å². The van der Waals surface area contributed by atoms with Crippen LogP contribution in [0.15, 0.2) is 42.5 Å². The summed E-state index contributed by atoms with van der Waals surface area (Å²) >= 11 is 0. The molecule has 0 fully saturated rings. The average Bonchev–Trinajstić information content (AvgIpc) is 2.89. The van der Waals surface area contributed by atoms with Crippen molar-refractivity contribution in [3.63, 3.8) is 0 Å². The third-order valence-electron chi connectivity index (χ3n) is 3.50. The highest BCUT2D eigenvalue weighted by Crippen LogP contribution is 2.14. The minimum atomic E-state index is -1.11. The number of benzene rings is 2. The molecule has 2 aromatic carbocycles. The Bertz CT molecular complexity index is 750. The minimum absolute atomic E-state index is 0.0277. The molecule has 0 bridgehead atoms. The van der Waals surface area contributed by atoms with Crippen LogP contribution in [-0.2, 0) is 6.54 Å². The van der Waals surface area contributed by atoms with E-state index in [0.717, 1.165) is 11.1 Å². The molecule has 23 heavy (non-hydrogen) atoms. The van der Waals surface area contributed by atoms with Crippen LogP contribution in [-0.4, -0.2) is 28.1 Å². The molecule has 0 unspecified atom stereocenters. The van der Waals surface area contributed by atoms with Gasteiger partial charge in [-0.2, -0.15) is 0 Å². The van der Waals surface area contributed by atoms with E-state index in [9.17, 15) is 14.4 Å². The molecule has 118 valence electrons. The molecule has 1 aliphatic heterocycles. The third kappa shape index (κ3) is 3.55. The molecule has 1 amide bonds. The Balaban J connectivity index is 0.000000172. The number of hydrogen-bond acceptors (Lipinski definition) is 3. The van der Waals surface area contributed by atoms with E-state index >= 15 is 0 Å². The second-order valence-corrected chi connectivity index (χ2v) is 4.93. The second kappa shape index (κ2) is 6.74. The number of nitrogens with one attached hydrogen (secondary N) is 1. The molecule has 1 aliphatic rings. The van der Waals surface area contributed by atoms with Gasteiger partial charge in [0.15, 0.2) is 0 Å². The molecule has 6 heteroatoms. The van der Waals surface area contributed by atoms with Crippen LogP contribution in [0.4, 0.5) is 0 Å². The molecule has 0 atom stereocenters. The maximum Gasteiger partial charge on any atom is 0.335 e. The fraction of sp³-hybridized carbons (Fsp3) is 0.118. The zero-order valence-electron chi connectivity index (χ0n) is 12.4. The monoisotopic (exact) mass is 313 g/mol. The average molecular weight is 313 g/mol. The maximum atomic E-state index is 11.0. The molecule has 0 aromatic heterocycles. The summed E-state index contributed by atoms with van der Waals surface area (Å²) in [6.07, 6.45) is 0. The lowest BCUT2D eigenvalue weighted by Crippen LogP contribution is -2.12. The summed E-state index contributed by atoms with van der Waals surface area (Å²) in [5, 5.41) is 20.1. The highest BCUT2D eigenvalue weighted by Gasteiger charge is 2.16. The van der Waals surface area contributed by atoms with Crippen molar-refractivity contribution in [1.82, 2.24) is 5.32 Å². The van der Waals surface area contributed by atoms with Crippen LogP contribution < -0.4 is 5.32 Å². The van der Waals surface area contributed by atoms with Crippen molar-refractivity contribution in [1.29, 1.82) is 0 Å². The van der Waals surface area contributed by atoms with E-state index < -0.39 is 11.9 Å². The highest BCUT2D eigenvalue weighted by atomic mass is 16.4. The number of hydrogen-bond donors (Lipinski definition) is 3. The zero-order valence-corrected chi connectivity index (χ0v) is 12.4. The fourth-order valence-corrected chi connectivity index (χ4v) is 2.27. The van der Waals surface area contributed by atoms with Crippen LogP contribution in [0.25, 0.3) is 0 Å². The second-order valence-electron chi connectivity index (χ2n) is 4.93. The van der Waals surface area contributed by atoms with Gasteiger partial charge in [-0.25, -0.2) is 9.59 Å². The third-order valence-corrected chi connectivity index (χ3v) is 3.50. The first-order chi connectivity index (χ1) is 10.9. The van der Waals surface area contributed by atoms with Gasteiger partial charge in [0, 0.05) is 12.1 Å². The van der Waals surface area contributed by atoms with E-state index in [2.05, 4.69) is 5.32 Å². The maximum absolute atomic E-state index is 11.0. The first-order valence-electron chi connectivity index (χ1n) is 6.84. The Hall–Kier alpha value is -3.15. The molecule has 3 rings (SSSR count). The van der Waals surface area contributed by atoms with Crippen molar-refractivity contribution >= 4 is 17.8 Å². The Kier molecular flexibility index (Phi) is 4.75. The Morgan fingerprint density at radius 3 is 2.04 bits per heavy atom. The molecular weight excluding hydrogens is 298 g/mol. The Morgan fingerprint density at radius 1 is 0.957 bits per heavy atom. The van der Waals surface area contributed by atoms with Crippen LogP contribution in [0.5, 0.6) is 0 Å². The van der Waals surface area contributed by atoms with Crippen molar-refractivity contribution in [2.75, 3.05) is 0 Å². The Morgan fingerprint density at radius 2 is 1.52 bits per heavy atom. The lowest BCUT2D eigenvalue weighted by Gasteiger charge is -2.03. The predicted octanol–water partition coefficient (Wildman–Crippen LogP) is 2.32. The number of carboxylic acid groups (broad SMARTS) is 2. The normalized spacial score (nSPS) is 11.8. The lowest BCUT2D eigenvalue weighted by atomic mass is 10.0. The number of rotatable bonds is 2. The zero-order chi connectivity index (χ0) is 17.0. The molecular formula is C17H15NO5. The van der Waals surface area contributed by atoms with Crippen molar-refractivity contribution < 1.29 is 24.6 Å². The molecule has 0 aliphatic carbocycles. The first kappa shape index (κ1) is 16.2. The van der Waals surface area contributed by atoms with Gasteiger partial charge in [0.25, 0.3) is 5.91 Å². The van der Waals surface area contributed by atoms with Gasteiger partial charge >= 0.3 is 11.9 Å². The summed E-state index contributed by atoms with van der Waals surface area (Å²) in [4.78, 5) is 32.2. The van der Waals surface area contributed by atoms with Crippen molar-refractivity contribution in [2.24, 2.45) is 0 Å². The summed E-state index contributed by atoms with van der Waals surface area (Å²) in [6.45, 7) is 2.17. The summed E-state index contributed by atoms with van der Waals surface area (Å²) in [6, 6.07) is 11.8. The predicted molar refractivity (Wildman–Crippen MR) is 82.7 cm³/mol. The molecule has 0 spiro atoms. The molecule has 0 saturated heterocycles. The number of carbonyl (C=O) groups is 3. The number of aromatic carboxylic acids is 2. The number of carboxylic acids is 2. The minimum Gasteiger partial charge on any atom is -0.478 e. The highest BCUT2D eigenvalue weighted by molar-refractivity contribution is 5.98. The van der Waals surface area contributed by atoms with E-state index in [0.29, 0.717) is 6.54 Å². The molecule has 6 nitrogen and oxygen atoms in total. The first-order valence-corrected chi connectivity index (χ1v) is 6.84. The van der Waals surface area contributed by atoms with Crippen LogP contribution in [0, 0.1) is 6.92 Å².